The van der Waals surface area contributed by atoms with Gasteiger partial charge in [0.1, 0.15) is 5.82 Å². The molecule has 16 heteroatoms. The number of halogens is 6. The van der Waals surface area contributed by atoms with Gasteiger partial charge >= 0.3 is 18.4 Å². The molecule has 2 aromatic heterocycles. The van der Waals surface area contributed by atoms with Crippen molar-refractivity contribution in [1.29, 1.82) is 0 Å². The average Bonchev–Trinajstić information content (AvgIpc) is 2.97. The average molecular weight is 657 g/mol. The van der Waals surface area contributed by atoms with E-state index in [1.54, 1.807) is 19.1 Å². The van der Waals surface area contributed by atoms with Crippen LogP contribution in [0.3, 0.4) is 0 Å². The van der Waals surface area contributed by atoms with E-state index in [9.17, 15) is 36.2 Å². The molecule has 1 aliphatic rings. The van der Waals surface area contributed by atoms with Gasteiger partial charge in [-0.15, -0.1) is 0 Å². The lowest BCUT2D eigenvalue weighted by Crippen LogP contribution is -2.46. The molecule has 0 saturated heterocycles. The molecule has 0 spiro atoms. The zero-order valence-electron chi connectivity index (χ0n) is 25.5. The SMILES string of the molecule is CCOC(=O)N1c2ccc(OC)nc2[C@@H](Nc2nc(N)c(CC(C)O)c(Cc3cc(C(F)(F)F)cc(C(F)(F)F)c3)n2)C[C@H]1CC. The number of anilines is 3. The molecule has 250 valence electrons. The number of fused-ring (bicyclic) bond motifs is 1. The number of carbonyl (C=O) groups excluding carboxylic acids is 1. The molecule has 1 amide bonds. The van der Waals surface area contributed by atoms with Gasteiger partial charge in [0.25, 0.3) is 0 Å². The van der Waals surface area contributed by atoms with Gasteiger partial charge in [-0.05, 0) is 56.5 Å². The van der Waals surface area contributed by atoms with Crippen LogP contribution in [0.25, 0.3) is 0 Å². The van der Waals surface area contributed by atoms with Crippen LogP contribution in [0.2, 0.25) is 0 Å². The van der Waals surface area contributed by atoms with Gasteiger partial charge in [0.2, 0.25) is 11.8 Å². The first kappa shape index (κ1) is 34.5. The minimum Gasteiger partial charge on any atom is -0.481 e. The first-order valence-electron chi connectivity index (χ1n) is 14.4. The van der Waals surface area contributed by atoms with Crippen LogP contribution in [0.15, 0.2) is 30.3 Å². The second kappa shape index (κ2) is 13.6. The van der Waals surface area contributed by atoms with Gasteiger partial charge < -0.3 is 25.6 Å². The number of hydrogen-bond donors (Lipinski definition) is 3. The highest BCUT2D eigenvalue weighted by atomic mass is 19.4. The molecule has 0 bridgehead atoms. The number of pyridine rings is 1. The molecule has 10 nitrogen and oxygen atoms in total. The quantitative estimate of drug-likeness (QED) is 0.226. The molecule has 3 heterocycles. The van der Waals surface area contributed by atoms with E-state index in [-0.39, 0.29) is 59.6 Å². The first-order chi connectivity index (χ1) is 21.5. The number of nitrogens with zero attached hydrogens (tertiary/aromatic N) is 4. The Labute approximate surface area is 260 Å². The summed E-state index contributed by atoms with van der Waals surface area (Å²) >= 11 is 0. The van der Waals surface area contributed by atoms with Crippen molar-refractivity contribution in [1.82, 2.24) is 15.0 Å². The fourth-order valence-electron chi connectivity index (χ4n) is 5.37. The Hall–Kier alpha value is -4.34. The zero-order chi connectivity index (χ0) is 34.0. The molecule has 0 radical (unpaired) electrons. The predicted octanol–water partition coefficient (Wildman–Crippen LogP) is 6.31. The highest BCUT2D eigenvalue weighted by Crippen LogP contribution is 2.41. The molecule has 4 rings (SSSR count). The molecule has 46 heavy (non-hydrogen) atoms. The highest BCUT2D eigenvalue weighted by Gasteiger charge is 2.39. The number of nitrogens with one attached hydrogen (secondary N) is 1. The van der Waals surface area contributed by atoms with Crippen LogP contribution in [0.5, 0.6) is 5.88 Å². The number of nitrogen functional groups attached to an aromatic ring is 1. The molecule has 1 unspecified atom stereocenters. The Morgan fingerprint density at radius 3 is 2.28 bits per heavy atom. The maximum absolute atomic E-state index is 13.6. The van der Waals surface area contributed by atoms with E-state index >= 15 is 0 Å². The number of aliphatic hydroxyl groups excluding tert-OH is 1. The lowest BCUT2D eigenvalue weighted by molar-refractivity contribution is -0.143. The third kappa shape index (κ3) is 7.71. The number of aliphatic hydroxyl groups is 1. The summed E-state index contributed by atoms with van der Waals surface area (Å²) in [6.07, 6.45) is -11.4. The second-order valence-corrected chi connectivity index (χ2v) is 10.8. The second-order valence-electron chi connectivity index (χ2n) is 10.8. The van der Waals surface area contributed by atoms with Gasteiger partial charge in [-0.2, -0.15) is 31.3 Å². The zero-order valence-corrected chi connectivity index (χ0v) is 25.5. The molecule has 1 aliphatic heterocycles. The lowest BCUT2D eigenvalue weighted by atomic mass is 9.93. The van der Waals surface area contributed by atoms with Crippen LogP contribution in [0.4, 0.5) is 48.6 Å². The number of benzene rings is 1. The Bertz CT molecular complexity index is 1530. The van der Waals surface area contributed by atoms with Gasteiger partial charge in [-0.3, -0.25) is 4.90 Å². The summed E-state index contributed by atoms with van der Waals surface area (Å²) < 4.78 is 92.0. The number of alkyl halides is 6. The maximum atomic E-state index is 13.6. The van der Waals surface area contributed by atoms with Crippen molar-refractivity contribution in [2.24, 2.45) is 0 Å². The highest BCUT2D eigenvalue weighted by molar-refractivity contribution is 5.90. The number of carbonyl (C=O) groups is 1. The molecule has 3 atom stereocenters. The van der Waals surface area contributed by atoms with Crippen LogP contribution >= 0.6 is 0 Å². The first-order valence-corrected chi connectivity index (χ1v) is 14.4. The van der Waals surface area contributed by atoms with Crippen LogP contribution < -0.4 is 20.7 Å². The summed E-state index contributed by atoms with van der Waals surface area (Å²) in [5, 5.41) is 13.2. The van der Waals surface area contributed by atoms with Crippen molar-refractivity contribution in [3.8, 4) is 5.88 Å². The van der Waals surface area contributed by atoms with Gasteiger partial charge in [-0.25, -0.2) is 14.8 Å². The molecular weight excluding hydrogens is 622 g/mol. The van der Waals surface area contributed by atoms with Crippen molar-refractivity contribution in [3.05, 3.63) is 64.0 Å². The molecule has 0 aliphatic carbocycles. The van der Waals surface area contributed by atoms with Crippen LogP contribution in [-0.4, -0.2) is 52.0 Å². The standard InChI is InChI=1S/C30H34F6N6O4/c1-5-19-14-22(25-23(7-8-24(40-25)45-4)42(19)28(44)46-6-2)39-27-38-21(20(9-15(3)43)26(37)41-27)12-16-10-17(29(31,32)33)13-18(11-16)30(34,35)36/h7-8,10-11,13,15,19,22,43H,5-6,9,12,14H2,1-4H3,(H3,37,38,39,41)/t15?,19-,22+/m1/s1. The van der Waals surface area contributed by atoms with E-state index < -0.39 is 48.1 Å². The maximum Gasteiger partial charge on any atom is 0.416 e. The number of nitrogens with two attached hydrogens (primary N) is 1. The summed E-state index contributed by atoms with van der Waals surface area (Å²) in [5.41, 5.74) is 4.03. The van der Waals surface area contributed by atoms with Crippen molar-refractivity contribution >= 4 is 23.5 Å². The molecular formula is C30H34F6N6O4. The van der Waals surface area contributed by atoms with Crippen molar-refractivity contribution < 1.29 is 45.7 Å². The van der Waals surface area contributed by atoms with E-state index in [4.69, 9.17) is 15.2 Å². The van der Waals surface area contributed by atoms with Gasteiger partial charge in [0.15, 0.2) is 0 Å². The van der Waals surface area contributed by atoms with Crippen LogP contribution in [0, 0.1) is 0 Å². The van der Waals surface area contributed by atoms with E-state index in [1.807, 2.05) is 6.92 Å². The fraction of sp³-hybridized carbons (Fsp3) is 0.467. The smallest absolute Gasteiger partial charge is 0.416 e. The number of rotatable bonds is 9. The predicted molar refractivity (Wildman–Crippen MR) is 156 cm³/mol. The van der Waals surface area contributed by atoms with Crippen molar-refractivity contribution in [3.63, 3.8) is 0 Å². The van der Waals surface area contributed by atoms with E-state index in [0.717, 1.165) is 0 Å². The summed E-state index contributed by atoms with van der Waals surface area (Å²) in [4.78, 5) is 27.7. The largest absolute Gasteiger partial charge is 0.481 e. The number of methoxy groups -OCH3 is 1. The van der Waals surface area contributed by atoms with Crippen LogP contribution in [-0.2, 0) is 29.9 Å². The molecule has 0 saturated carbocycles. The number of amides is 1. The summed E-state index contributed by atoms with van der Waals surface area (Å²) in [6.45, 7) is 5.17. The van der Waals surface area contributed by atoms with E-state index in [1.165, 1.54) is 18.9 Å². The van der Waals surface area contributed by atoms with Gasteiger partial charge in [0, 0.05) is 30.5 Å². The van der Waals surface area contributed by atoms with E-state index in [2.05, 4.69) is 20.3 Å². The fourth-order valence-corrected chi connectivity index (χ4v) is 5.37. The van der Waals surface area contributed by atoms with Gasteiger partial charge in [0.05, 0.1) is 54.1 Å². The third-order valence-electron chi connectivity index (χ3n) is 7.43. The number of ether oxygens (including phenoxy) is 2. The molecule has 1 aromatic carbocycles. The van der Waals surface area contributed by atoms with E-state index in [0.29, 0.717) is 36.4 Å². The van der Waals surface area contributed by atoms with Crippen molar-refractivity contribution in [2.45, 2.75) is 77.0 Å². The number of aromatic nitrogens is 3. The third-order valence-corrected chi connectivity index (χ3v) is 7.43. The molecule has 3 aromatic rings. The summed E-state index contributed by atoms with van der Waals surface area (Å²) in [7, 11) is 1.42. The number of hydrogen-bond acceptors (Lipinski definition) is 9. The Morgan fingerprint density at radius 1 is 1.09 bits per heavy atom. The van der Waals surface area contributed by atoms with Crippen molar-refractivity contribution in [2.75, 3.05) is 29.7 Å². The minimum absolute atomic E-state index is 0.0261. The van der Waals surface area contributed by atoms with Gasteiger partial charge in [-0.1, -0.05) is 6.92 Å². The normalized spacial score (nSPS) is 17.3. The lowest BCUT2D eigenvalue weighted by Gasteiger charge is -2.39. The Morgan fingerprint density at radius 2 is 1.74 bits per heavy atom. The Balaban J connectivity index is 1.80. The monoisotopic (exact) mass is 656 g/mol. The topological polar surface area (TPSA) is 136 Å². The van der Waals surface area contributed by atoms with Crippen LogP contribution in [0.1, 0.15) is 73.3 Å². The summed E-state index contributed by atoms with van der Waals surface area (Å²) in [5.74, 6) is 0.0545. The Kier molecular flexibility index (Phi) is 10.2. The minimum atomic E-state index is -5.04. The molecule has 0 fully saturated rings. The molecule has 4 N–H and O–H groups in total. The summed E-state index contributed by atoms with van der Waals surface area (Å²) in [6, 6.07) is 3.56.